The fraction of sp³-hybridized carbons (Fsp3) is 0.188. The summed E-state index contributed by atoms with van der Waals surface area (Å²) in [5, 5.41) is 13.5. The van der Waals surface area contributed by atoms with Crippen LogP contribution in [0.4, 0.5) is 15.8 Å². The zero-order valence-corrected chi connectivity index (χ0v) is 15.5. The van der Waals surface area contributed by atoms with Crippen molar-refractivity contribution in [2.24, 2.45) is 0 Å². The molecular formula is C16H14BrFN2O4S. The van der Waals surface area contributed by atoms with Crippen molar-refractivity contribution in [2.45, 2.75) is 5.75 Å². The lowest BCUT2D eigenvalue weighted by atomic mass is 10.2. The van der Waals surface area contributed by atoms with E-state index in [0.29, 0.717) is 15.8 Å². The Hall–Kier alpha value is -2.13. The molecule has 0 saturated heterocycles. The largest absolute Gasteiger partial charge is 0.490 e. The van der Waals surface area contributed by atoms with Crippen LogP contribution in [-0.2, 0) is 10.5 Å². The summed E-state index contributed by atoms with van der Waals surface area (Å²) in [6, 6.07) is 8.99. The van der Waals surface area contributed by atoms with Crippen LogP contribution in [0.3, 0.4) is 0 Å². The van der Waals surface area contributed by atoms with Crippen LogP contribution in [0.1, 0.15) is 5.56 Å². The molecule has 0 spiro atoms. The number of nitro benzene ring substituents is 1. The number of carbonyl (C=O) groups is 1. The van der Waals surface area contributed by atoms with Crippen LogP contribution in [0, 0.1) is 15.9 Å². The fourth-order valence-electron chi connectivity index (χ4n) is 2.01. The number of anilines is 1. The summed E-state index contributed by atoms with van der Waals surface area (Å²) in [5.41, 5.74) is 0.677. The van der Waals surface area contributed by atoms with E-state index in [2.05, 4.69) is 21.2 Å². The van der Waals surface area contributed by atoms with Gasteiger partial charge in [0.25, 0.3) is 0 Å². The molecule has 2 aromatic rings. The Morgan fingerprint density at radius 2 is 2.12 bits per heavy atom. The van der Waals surface area contributed by atoms with Gasteiger partial charge in [0.1, 0.15) is 5.82 Å². The molecule has 0 unspecified atom stereocenters. The summed E-state index contributed by atoms with van der Waals surface area (Å²) in [5.74, 6) is -0.203. The molecule has 1 N–H and O–H groups in total. The lowest BCUT2D eigenvalue weighted by Crippen LogP contribution is -2.15. The molecule has 25 heavy (non-hydrogen) atoms. The summed E-state index contributed by atoms with van der Waals surface area (Å²) in [6.07, 6.45) is 0. The van der Waals surface area contributed by atoms with E-state index in [9.17, 15) is 19.3 Å². The van der Waals surface area contributed by atoms with Crippen LogP contribution in [0.15, 0.2) is 40.9 Å². The van der Waals surface area contributed by atoms with E-state index in [-0.39, 0.29) is 28.8 Å². The number of rotatable bonds is 7. The van der Waals surface area contributed by atoms with Gasteiger partial charge < -0.3 is 10.1 Å². The van der Waals surface area contributed by atoms with Crippen molar-refractivity contribution in [2.75, 3.05) is 18.2 Å². The maximum Gasteiger partial charge on any atom is 0.311 e. The number of methoxy groups -OCH3 is 1. The summed E-state index contributed by atoms with van der Waals surface area (Å²) < 4.78 is 19.2. The molecule has 0 radical (unpaired) electrons. The van der Waals surface area contributed by atoms with E-state index in [0.717, 1.165) is 0 Å². The van der Waals surface area contributed by atoms with Crippen LogP contribution >= 0.6 is 27.7 Å². The van der Waals surface area contributed by atoms with Crippen LogP contribution in [0.5, 0.6) is 5.75 Å². The molecule has 2 rings (SSSR count). The average Bonchev–Trinajstić information content (AvgIpc) is 2.57. The molecule has 1 amide bonds. The first-order valence-corrected chi connectivity index (χ1v) is 8.99. The minimum atomic E-state index is -0.529. The van der Waals surface area contributed by atoms with Crippen molar-refractivity contribution in [3.8, 4) is 5.75 Å². The lowest BCUT2D eigenvalue weighted by Gasteiger charge is -2.07. The molecule has 6 nitrogen and oxygen atoms in total. The predicted molar refractivity (Wildman–Crippen MR) is 98.5 cm³/mol. The van der Waals surface area contributed by atoms with E-state index in [1.807, 2.05) is 0 Å². The molecule has 0 aliphatic heterocycles. The minimum Gasteiger partial charge on any atom is -0.490 e. The maximum absolute atomic E-state index is 13.7. The second-order valence-electron chi connectivity index (χ2n) is 4.93. The highest BCUT2D eigenvalue weighted by Gasteiger charge is 2.15. The minimum absolute atomic E-state index is 0.0926. The van der Waals surface area contributed by atoms with Gasteiger partial charge >= 0.3 is 5.69 Å². The standard InChI is InChI=1S/C16H14BrFN2O4S/c1-24-15-5-2-10(6-14(15)20(22)23)8-25-9-16(21)19-13-4-3-11(17)7-12(13)18/h2-7H,8-9H2,1H3,(H,19,21). The fourth-order valence-corrected chi connectivity index (χ4v) is 3.11. The molecule has 132 valence electrons. The van der Waals surface area contributed by atoms with Crippen molar-refractivity contribution in [1.82, 2.24) is 0 Å². The van der Waals surface area contributed by atoms with Crippen LogP contribution in [0.25, 0.3) is 0 Å². The molecular weight excluding hydrogens is 415 g/mol. The van der Waals surface area contributed by atoms with Gasteiger partial charge in [-0.2, -0.15) is 0 Å². The number of hydrogen-bond acceptors (Lipinski definition) is 5. The normalized spacial score (nSPS) is 10.4. The van der Waals surface area contributed by atoms with Gasteiger partial charge in [-0.15, -0.1) is 11.8 Å². The van der Waals surface area contributed by atoms with Crippen LogP contribution in [-0.4, -0.2) is 23.7 Å². The van der Waals surface area contributed by atoms with Crippen molar-refractivity contribution < 1.29 is 18.8 Å². The third kappa shape index (κ3) is 5.43. The SMILES string of the molecule is COc1ccc(CSCC(=O)Nc2ccc(Br)cc2F)cc1[N+](=O)[O-]. The second kappa shape index (κ2) is 8.82. The van der Waals surface area contributed by atoms with Gasteiger partial charge in [-0.25, -0.2) is 4.39 Å². The summed E-state index contributed by atoms with van der Waals surface area (Å²) >= 11 is 4.41. The highest BCUT2D eigenvalue weighted by Crippen LogP contribution is 2.29. The van der Waals surface area contributed by atoms with Crippen LogP contribution < -0.4 is 10.1 Å². The maximum atomic E-state index is 13.7. The van der Waals surface area contributed by atoms with Crippen molar-refractivity contribution in [3.63, 3.8) is 0 Å². The summed E-state index contributed by atoms with van der Waals surface area (Å²) in [6.45, 7) is 0. The number of nitrogens with one attached hydrogen (secondary N) is 1. The summed E-state index contributed by atoms with van der Waals surface area (Å²) in [4.78, 5) is 22.3. The van der Waals surface area contributed by atoms with Gasteiger partial charge in [-0.1, -0.05) is 22.0 Å². The van der Waals surface area contributed by atoms with Gasteiger partial charge in [-0.05, 0) is 29.8 Å². The third-order valence-electron chi connectivity index (χ3n) is 3.15. The van der Waals surface area contributed by atoms with E-state index in [4.69, 9.17) is 4.74 Å². The van der Waals surface area contributed by atoms with E-state index in [1.54, 1.807) is 12.1 Å². The van der Waals surface area contributed by atoms with Gasteiger partial charge in [0, 0.05) is 16.3 Å². The van der Waals surface area contributed by atoms with Gasteiger partial charge in [0.05, 0.1) is 23.5 Å². The highest BCUT2D eigenvalue weighted by atomic mass is 79.9. The molecule has 0 aliphatic carbocycles. The number of ether oxygens (including phenoxy) is 1. The smallest absolute Gasteiger partial charge is 0.311 e. The number of hydrogen-bond donors (Lipinski definition) is 1. The number of amides is 1. The third-order valence-corrected chi connectivity index (χ3v) is 4.64. The number of nitro groups is 1. The molecule has 0 aliphatic rings. The molecule has 0 atom stereocenters. The molecule has 2 aromatic carbocycles. The Bertz CT molecular complexity index is 804. The number of benzene rings is 2. The monoisotopic (exact) mass is 428 g/mol. The zero-order chi connectivity index (χ0) is 18.4. The quantitative estimate of drug-likeness (QED) is 0.522. The Labute approximate surface area is 156 Å². The highest BCUT2D eigenvalue weighted by molar-refractivity contribution is 9.10. The number of halogens is 2. The topological polar surface area (TPSA) is 81.5 Å². The van der Waals surface area contributed by atoms with Gasteiger partial charge in [-0.3, -0.25) is 14.9 Å². The number of thioether (sulfide) groups is 1. The molecule has 0 heterocycles. The van der Waals surface area contributed by atoms with Gasteiger partial charge in [0.2, 0.25) is 5.91 Å². The van der Waals surface area contributed by atoms with E-state index in [1.165, 1.54) is 43.1 Å². The van der Waals surface area contributed by atoms with Gasteiger partial charge in [0.15, 0.2) is 5.75 Å². The van der Waals surface area contributed by atoms with E-state index < -0.39 is 10.7 Å². The molecule has 0 saturated carbocycles. The Morgan fingerprint density at radius 3 is 2.76 bits per heavy atom. The molecule has 0 aromatic heterocycles. The number of carbonyl (C=O) groups excluding carboxylic acids is 1. The lowest BCUT2D eigenvalue weighted by molar-refractivity contribution is -0.385. The Kier molecular flexibility index (Phi) is 6.77. The molecule has 0 fully saturated rings. The van der Waals surface area contributed by atoms with E-state index >= 15 is 0 Å². The molecule has 9 heteroatoms. The van der Waals surface area contributed by atoms with Crippen LogP contribution in [0.2, 0.25) is 0 Å². The van der Waals surface area contributed by atoms with Crippen molar-refractivity contribution >= 4 is 45.0 Å². The van der Waals surface area contributed by atoms with Crippen molar-refractivity contribution in [1.29, 1.82) is 0 Å². The predicted octanol–water partition coefficient (Wildman–Crippen LogP) is 4.38. The molecule has 0 bridgehead atoms. The number of nitrogens with zero attached hydrogens (tertiary/aromatic N) is 1. The average molecular weight is 429 g/mol. The first kappa shape index (κ1) is 19.2. The van der Waals surface area contributed by atoms with Crippen molar-refractivity contribution in [3.05, 3.63) is 62.4 Å². The Morgan fingerprint density at radius 1 is 1.36 bits per heavy atom. The second-order valence-corrected chi connectivity index (χ2v) is 6.83. The Balaban J connectivity index is 1.91. The first-order chi connectivity index (χ1) is 11.9. The zero-order valence-electron chi connectivity index (χ0n) is 13.1. The first-order valence-electron chi connectivity index (χ1n) is 7.04. The summed E-state index contributed by atoms with van der Waals surface area (Å²) in [7, 11) is 1.36.